The summed E-state index contributed by atoms with van der Waals surface area (Å²) in [5.74, 6) is -0.142. The molecule has 17 heavy (non-hydrogen) atoms. The highest BCUT2D eigenvalue weighted by molar-refractivity contribution is 5.77. The summed E-state index contributed by atoms with van der Waals surface area (Å²) >= 11 is 0. The van der Waals surface area contributed by atoms with Crippen LogP contribution in [-0.2, 0) is 11.3 Å². The number of nitrogens with zero attached hydrogens (tertiary/aromatic N) is 3. The second-order valence-electron chi connectivity index (χ2n) is 4.51. The van der Waals surface area contributed by atoms with E-state index < -0.39 is 5.54 Å². The van der Waals surface area contributed by atoms with Gasteiger partial charge in [-0.3, -0.25) is 9.48 Å². The summed E-state index contributed by atoms with van der Waals surface area (Å²) in [4.78, 5) is 11.8. The quantitative estimate of drug-likeness (QED) is 0.852. The Labute approximate surface area is 100 Å². The molecule has 5 heteroatoms. The predicted octanol–water partition coefficient (Wildman–Crippen LogP) is 1.23. The van der Waals surface area contributed by atoms with Crippen molar-refractivity contribution < 1.29 is 4.79 Å². The van der Waals surface area contributed by atoms with Crippen molar-refractivity contribution in [3.63, 3.8) is 0 Å². The summed E-state index contributed by atoms with van der Waals surface area (Å²) in [6, 6.07) is 4.04. The molecule has 0 aromatic carbocycles. The molecule has 1 aliphatic carbocycles. The third kappa shape index (κ3) is 2.84. The fraction of sp³-hybridized carbons (Fsp3) is 0.583. The van der Waals surface area contributed by atoms with Crippen LogP contribution in [-0.4, -0.2) is 21.2 Å². The highest BCUT2D eigenvalue weighted by Gasteiger charge is 2.33. The first-order valence-electron chi connectivity index (χ1n) is 5.94. The fourth-order valence-electron chi connectivity index (χ4n) is 2.27. The molecule has 5 nitrogen and oxygen atoms in total. The van der Waals surface area contributed by atoms with Gasteiger partial charge in [-0.05, 0) is 18.9 Å². The lowest BCUT2D eigenvalue weighted by Crippen LogP contribution is -2.49. The van der Waals surface area contributed by atoms with Crippen molar-refractivity contribution >= 4 is 5.91 Å². The lowest BCUT2D eigenvalue weighted by atomic mass is 9.83. The van der Waals surface area contributed by atoms with Crippen molar-refractivity contribution in [1.29, 1.82) is 5.26 Å². The van der Waals surface area contributed by atoms with Crippen molar-refractivity contribution in [3.8, 4) is 6.07 Å². The van der Waals surface area contributed by atoms with E-state index in [1.165, 1.54) is 0 Å². The molecule has 1 amide bonds. The van der Waals surface area contributed by atoms with Crippen LogP contribution in [0.3, 0.4) is 0 Å². The van der Waals surface area contributed by atoms with Crippen molar-refractivity contribution in [2.75, 3.05) is 0 Å². The van der Waals surface area contributed by atoms with E-state index in [4.69, 9.17) is 0 Å². The van der Waals surface area contributed by atoms with Crippen LogP contribution in [0.15, 0.2) is 18.5 Å². The van der Waals surface area contributed by atoms with Gasteiger partial charge < -0.3 is 5.32 Å². The van der Waals surface area contributed by atoms with Crippen molar-refractivity contribution in [3.05, 3.63) is 18.5 Å². The number of nitrogens with one attached hydrogen (secondary N) is 1. The number of nitriles is 1. The molecule has 1 N–H and O–H groups in total. The Morgan fingerprint density at radius 1 is 1.47 bits per heavy atom. The average Bonchev–Trinajstić information content (AvgIpc) is 2.83. The van der Waals surface area contributed by atoms with E-state index >= 15 is 0 Å². The first-order valence-corrected chi connectivity index (χ1v) is 5.94. The molecule has 0 saturated heterocycles. The third-order valence-corrected chi connectivity index (χ3v) is 3.16. The summed E-state index contributed by atoms with van der Waals surface area (Å²) in [7, 11) is 0. The Morgan fingerprint density at radius 3 is 2.82 bits per heavy atom. The molecule has 1 saturated carbocycles. The smallest absolute Gasteiger partial charge is 0.242 e. The average molecular weight is 232 g/mol. The SMILES string of the molecule is N#CC1(NC(=O)Cn2cccn2)CCCCC1. The Balaban J connectivity index is 1.94. The standard InChI is InChI=1S/C12H16N4O/c13-10-12(5-2-1-3-6-12)15-11(17)9-16-8-4-7-14-16/h4,7-8H,1-3,5-6,9H2,(H,15,17). The Hall–Kier alpha value is -1.83. The van der Waals surface area contributed by atoms with Gasteiger partial charge in [0.05, 0.1) is 6.07 Å². The van der Waals surface area contributed by atoms with E-state index in [1.807, 2.05) is 0 Å². The van der Waals surface area contributed by atoms with Crippen LogP contribution in [0.25, 0.3) is 0 Å². The van der Waals surface area contributed by atoms with E-state index in [1.54, 1.807) is 23.1 Å². The molecule has 0 radical (unpaired) electrons. The minimum Gasteiger partial charge on any atom is -0.336 e. The molecule has 0 spiro atoms. The van der Waals surface area contributed by atoms with E-state index in [2.05, 4.69) is 16.5 Å². The van der Waals surface area contributed by atoms with Crippen LogP contribution in [0, 0.1) is 11.3 Å². The molecule has 1 fully saturated rings. The number of hydrogen-bond acceptors (Lipinski definition) is 3. The third-order valence-electron chi connectivity index (χ3n) is 3.16. The number of amides is 1. The van der Waals surface area contributed by atoms with Gasteiger partial charge in [0.25, 0.3) is 0 Å². The van der Waals surface area contributed by atoms with Gasteiger partial charge in [0.15, 0.2) is 0 Å². The summed E-state index contributed by atoms with van der Waals surface area (Å²) < 4.78 is 1.56. The minimum atomic E-state index is -0.650. The summed E-state index contributed by atoms with van der Waals surface area (Å²) in [6.07, 6.45) is 8.06. The molecule has 1 aliphatic rings. The largest absolute Gasteiger partial charge is 0.336 e. The maximum atomic E-state index is 11.8. The lowest BCUT2D eigenvalue weighted by Gasteiger charge is -2.31. The first-order chi connectivity index (χ1) is 8.24. The fourth-order valence-corrected chi connectivity index (χ4v) is 2.27. The first kappa shape index (κ1) is 11.6. The molecule has 0 bridgehead atoms. The van der Waals surface area contributed by atoms with Gasteiger partial charge in [0.1, 0.15) is 12.1 Å². The second-order valence-corrected chi connectivity index (χ2v) is 4.51. The van der Waals surface area contributed by atoms with Crippen molar-refractivity contribution in [1.82, 2.24) is 15.1 Å². The van der Waals surface area contributed by atoms with E-state index in [0.717, 1.165) is 32.1 Å². The Morgan fingerprint density at radius 2 is 2.24 bits per heavy atom. The number of aromatic nitrogens is 2. The zero-order valence-electron chi connectivity index (χ0n) is 9.72. The van der Waals surface area contributed by atoms with E-state index in [-0.39, 0.29) is 12.5 Å². The molecule has 2 rings (SSSR count). The van der Waals surface area contributed by atoms with Crippen molar-refractivity contribution in [2.24, 2.45) is 0 Å². The van der Waals surface area contributed by atoms with Gasteiger partial charge in [0, 0.05) is 12.4 Å². The molecular weight excluding hydrogens is 216 g/mol. The summed E-state index contributed by atoms with van der Waals surface area (Å²) in [6.45, 7) is 0.177. The van der Waals surface area contributed by atoms with Crippen LogP contribution in [0.4, 0.5) is 0 Å². The number of carbonyl (C=O) groups excluding carboxylic acids is 1. The minimum absolute atomic E-state index is 0.142. The zero-order chi connectivity index (χ0) is 12.1. The molecular formula is C12H16N4O. The van der Waals surface area contributed by atoms with Crippen LogP contribution < -0.4 is 5.32 Å². The number of carbonyl (C=O) groups is 1. The number of rotatable bonds is 3. The molecule has 1 heterocycles. The maximum Gasteiger partial charge on any atom is 0.242 e. The lowest BCUT2D eigenvalue weighted by molar-refractivity contribution is -0.123. The highest BCUT2D eigenvalue weighted by Crippen LogP contribution is 2.27. The van der Waals surface area contributed by atoms with Crippen LogP contribution in [0.2, 0.25) is 0 Å². The van der Waals surface area contributed by atoms with Gasteiger partial charge in [-0.2, -0.15) is 10.4 Å². The normalized spacial score (nSPS) is 18.3. The van der Waals surface area contributed by atoms with Gasteiger partial charge >= 0.3 is 0 Å². The van der Waals surface area contributed by atoms with E-state index in [0.29, 0.717) is 0 Å². The zero-order valence-corrected chi connectivity index (χ0v) is 9.72. The van der Waals surface area contributed by atoms with Crippen molar-refractivity contribution in [2.45, 2.75) is 44.2 Å². The Bertz CT molecular complexity index is 412. The molecule has 90 valence electrons. The molecule has 0 aliphatic heterocycles. The van der Waals surface area contributed by atoms with Crippen LogP contribution in [0.1, 0.15) is 32.1 Å². The Kier molecular flexibility index (Phi) is 3.43. The highest BCUT2D eigenvalue weighted by atomic mass is 16.2. The van der Waals surface area contributed by atoms with Gasteiger partial charge in [-0.25, -0.2) is 0 Å². The van der Waals surface area contributed by atoms with Crippen LogP contribution >= 0.6 is 0 Å². The van der Waals surface area contributed by atoms with Gasteiger partial charge in [0.2, 0.25) is 5.91 Å². The second kappa shape index (κ2) is 5.00. The van der Waals surface area contributed by atoms with E-state index in [9.17, 15) is 10.1 Å². The van der Waals surface area contributed by atoms with Gasteiger partial charge in [-0.15, -0.1) is 0 Å². The summed E-state index contributed by atoms with van der Waals surface area (Å²) in [5, 5.41) is 16.1. The monoisotopic (exact) mass is 232 g/mol. The topological polar surface area (TPSA) is 70.7 Å². The molecule has 1 aromatic rings. The molecule has 0 unspecified atom stereocenters. The molecule has 0 atom stereocenters. The predicted molar refractivity (Wildman–Crippen MR) is 61.8 cm³/mol. The molecule has 1 aromatic heterocycles. The number of hydrogen-bond donors (Lipinski definition) is 1. The maximum absolute atomic E-state index is 11.8. The van der Waals surface area contributed by atoms with Gasteiger partial charge in [-0.1, -0.05) is 19.3 Å². The van der Waals surface area contributed by atoms with Crippen LogP contribution in [0.5, 0.6) is 0 Å². The summed E-state index contributed by atoms with van der Waals surface area (Å²) in [5.41, 5.74) is -0.650.